The molecule has 0 saturated heterocycles. The van der Waals surface area contributed by atoms with Gasteiger partial charge in [0.15, 0.2) is 0 Å². The molecule has 9 heteroatoms. The van der Waals surface area contributed by atoms with E-state index in [4.69, 9.17) is 0 Å². The molecule has 156 valence electrons. The van der Waals surface area contributed by atoms with Crippen LogP contribution in [-0.4, -0.2) is 68.7 Å². The van der Waals surface area contributed by atoms with Gasteiger partial charge >= 0.3 is 0 Å². The van der Waals surface area contributed by atoms with Crippen LogP contribution in [0.25, 0.3) is 0 Å². The summed E-state index contributed by atoms with van der Waals surface area (Å²) in [6, 6.07) is 5.10. The van der Waals surface area contributed by atoms with Gasteiger partial charge in [-0.3, -0.25) is 9.59 Å². The number of anilines is 1. The summed E-state index contributed by atoms with van der Waals surface area (Å²) in [4.78, 5) is 25.7. The Morgan fingerprint density at radius 1 is 1.18 bits per heavy atom. The fourth-order valence-electron chi connectivity index (χ4n) is 2.77. The fraction of sp³-hybridized carbons (Fsp3) is 0.579. The number of likely N-dealkylation sites (N-methyl/N-ethyl adjacent to an activating group) is 1. The van der Waals surface area contributed by atoms with Gasteiger partial charge in [-0.05, 0) is 37.5 Å². The Kier molecular flexibility index (Phi) is 7.42. The van der Waals surface area contributed by atoms with Crippen LogP contribution in [0.15, 0.2) is 23.1 Å². The molecule has 1 aliphatic rings. The van der Waals surface area contributed by atoms with Crippen molar-refractivity contribution in [3.05, 3.63) is 23.8 Å². The zero-order valence-electron chi connectivity index (χ0n) is 17.0. The summed E-state index contributed by atoms with van der Waals surface area (Å²) < 4.78 is 26.8. The topological polar surface area (TPSA) is 98.8 Å². The van der Waals surface area contributed by atoms with Gasteiger partial charge in [-0.2, -0.15) is 4.31 Å². The van der Waals surface area contributed by atoms with Gasteiger partial charge in [0.05, 0.1) is 18.0 Å². The number of amides is 2. The quantitative estimate of drug-likeness (QED) is 0.603. The van der Waals surface area contributed by atoms with Crippen molar-refractivity contribution in [1.82, 2.24) is 14.5 Å². The van der Waals surface area contributed by atoms with Crippen molar-refractivity contribution in [2.24, 2.45) is 0 Å². The van der Waals surface area contributed by atoms with Gasteiger partial charge in [-0.1, -0.05) is 19.9 Å². The van der Waals surface area contributed by atoms with Crippen LogP contribution in [0.5, 0.6) is 0 Å². The molecule has 0 unspecified atom stereocenters. The van der Waals surface area contributed by atoms with Crippen LogP contribution < -0.4 is 10.6 Å². The van der Waals surface area contributed by atoms with E-state index in [9.17, 15) is 18.0 Å². The highest BCUT2D eigenvalue weighted by Crippen LogP contribution is 2.23. The first-order valence-electron chi connectivity index (χ1n) is 9.57. The highest BCUT2D eigenvalue weighted by atomic mass is 32.2. The number of rotatable bonds is 10. The lowest BCUT2D eigenvalue weighted by atomic mass is 10.2. The molecular weight excluding hydrogens is 380 g/mol. The number of benzene rings is 1. The van der Waals surface area contributed by atoms with E-state index >= 15 is 0 Å². The lowest BCUT2D eigenvalue weighted by Gasteiger charge is -2.20. The van der Waals surface area contributed by atoms with E-state index in [-0.39, 0.29) is 35.8 Å². The van der Waals surface area contributed by atoms with Crippen molar-refractivity contribution >= 4 is 27.5 Å². The second-order valence-electron chi connectivity index (χ2n) is 7.01. The van der Waals surface area contributed by atoms with Crippen molar-refractivity contribution in [2.75, 3.05) is 38.5 Å². The number of aryl methyl sites for hydroxylation is 1. The Labute approximate surface area is 167 Å². The molecule has 2 rings (SSSR count). The number of sulfonamides is 1. The molecule has 1 aromatic rings. The Hall–Kier alpha value is -2.13. The first kappa shape index (κ1) is 22.2. The first-order valence-corrected chi connectivity index (χ1v) is 11.0. The van der Waals surface area contributed by atoms with E-state index in [1.165, 1.54) is 9.21 Å². The molecule has 0 spiro atoms. The maximum Gasteiger partial charge on any atom is 0.243 e. The third-order valence-electron chi connectivity index (χ3n) is 4.73. The Balaban J connectivity index is 2.01. The highest BCUT2D eigenvalue weighted by molar-refractivity contribution is 7.89. The molecule has 1 aromatic carbocycles. The monoisotopic (exact) mass is 410 g/mol. The van der Waals surface area contributed by atoms with Crippen LogP contribution in [0.4, 0.5) is 5.69 Å². The third-order valence-corrected chi connectivity index (χ3v) is 6.78. The number of carbonyl (C=O) groups excluding carboxylic acids is 2. The van der Waals surface area contributed by atoms with Gasteiger partial charge in [0.25, 0.3) is 0 Å². The average molecular weight is 411 g/mol. The zero-order valence-corrected chi connectivity index (χ0v) is 17.8. The van der Waals surface area contributed by atoms with E-state index in [2.05, 4.69) is 10.6 Å². The van der Waals surface area contributed by atoms with Gasteiger partial charge in [-0.15, -0.1) is 0 Å². The lowest BCUT2D eigenvalue weighted by molar-refractivity contribution is -0.133. The molecule has 0 aromatic heterocycles. The van der Waals surface area contributed by atoms with E-state index in [1.807, 2.05) is 6.92 Å². The van der Waals surface area contributed by atoms with Crippen molar-refractivity contribution in [1.29, 1.82) is 0 Å². The molecule has 0 heterocycles. The fourth-order valence-corrected chi connectivity index (χ4v) is 4.26. The molecule has 1 saturated carbocycles. The Morgan fingerprint density at radius 2 is 1.82 bits per heavy atom. The van der Waals surface area contributed by atoms with Gasteiger partial charge in [0.1, 0.15) is 0 Å². The summed E-state index contributed by atoms with van der Waals surface area (Å²) in [7, 11) is -2.00. The molecule has 28 heavy (non-hydrogen) atoms. The van der Waals surface area contributed by atoms with Gasteiger partial charge in [-0.25, -0.2) is 8.42 Å². The predicted octanol–water partition coefficient (Wildman–Crippen LogP) is 1.17. The van der Waals surface area contributed by atoms with Crippen LogP contribution in [0.2, 0.25) is 0 Å². The molecular formula is C19H30N4O4S. The standard InChI is InChI=1S/C19H30N4O4S/c1-5-23(6-2)28(26,27)16-10-7-14(3)17(11-16)20-12-19(25)22(4)13-18(24)21-15-8-9-15/h7,10-11,15,20H,5-6,8-9,12-13H2,1-4H3,(H,21,24). The van der Waals surface area contributed by atoms with Crippen molar-refractivity contribution in [3.63, 3.8) is 0 Å². The number of nitrogens with one attached hydrogen (secondary N) is 2. The Morgan fingerprint density at radius 3 is 2.39 bits per heavy atom. The molecule has 1 fully saturated rings. The van der Waals surface area contributed by atoms with Crippen LogP contribution in [-0.2, 0) is 19.6 Å². The van der Waals surface area contributed by atoms with Crippen molar-refractivity contribution in [2.45, 2.75) is 44.6 Å². The molecule has 0 radical (unpaired) electrons. The van der Waals surface area contributed by atoms with E-state index < -0.39 is 10.0 Å². The Bertz CT molecular complexity index is 817. The number of carbonyl (C=O) groups is 2. The van der Waals surface area contributed by atoms with E-state index in [0.29, 0.717) is 18.8 Å². The minimum atomic E-state index is -3.57. The summed E-state index contributed by atoms with van der Waals surface area (Å²) in [5.41, 5.74) is 1.41. The highest BCUT2D eigenvalue weighted by Gasteiger charge is 2.25. The maximum absolute atomic E-state index is 12.7. The SMILES string of the molecule is CCN(CC)S(=O)(=O)c1ccc(C)c(NCC(=O)N(C)CC(=O)NC2CC2)c1. The average Bonchev–Trinajstić information content (AvgIpc) is 3.45. The largest absolute Gasteiger partial charge is 0.376 e. The van der Waals surface area contributed by atoms with Crippen molar-refractivity contribution in [3.8, 4) is 0 Å². The first-order chi connectivity index (χ1) is 13.2. The second-order valence-corrected chi connectivity index (χ2v) is 8.95. The van der Waals surface area contributed by atoms with Crippen LogP contribution >= 0.6 is 0 Å². The van der Waals surface area contributed by atoms with Crippen LogP contribution in [0.3, 0.4) is 0 Å². The maximum atomic E-state index is 12.7. The van der Waals surface area contributed by atoms with Crippen LogP contribution in [0, 0.1) is 6.92 Å². The molecule has 2 amide bonds. The predicted molar refractivity (Wildman–Crippen MR) is 109 cm³/mol. The minimum Gasteiger partial charge on any atom is -0.376 e. The summed E-state index contributed by atoms with van der Waals surface area (Å²) in [6.45, 7) is 6.19. The molecule has 0 bridgehead atoms. The molecule has 8 nitrogen and oxygen atoms in total. The smallest absolute Gasteiger partial charge is 0.243 e. The molecule has 0 aliphatic heterocycles. The van der Waals surface area contributed by atoms with Crippen LogP contribution in [0.1, 0.15) is 32.3 Å². The van der Waals surface area contributed by atoms with Crippen molar-refractivity contribution < 1.29 is 18.0 Å². The third kappa shape index (κ3) is 5.68. The van der Waals surface area contributed by atoms with E-state index in [0.717, 1.165) is 18.4 Å². The van der Waals surface area contributed by atoms with Gasteiger partial charge in [0, 0.05) is 31.9 Å². The number of nitrogens with zero attached hydrogens (tertiary/aromatic N) is 2. The summed E-state index contributed by atoms with van der Waals surface area (Å²) in [5.74, 6) is -0.413. The number of hydrogen-bond donors (Lipinski definition) is 2. The molecule has 2 N–H and O–H groups in total. The summed E-state index contributed by atoms with van der Waals surface area (Å²) in [5, 5.41) is 5.85. The lowest BCUT2D eigenvalue weighted by Crippen LogP contribution is -2.41. The number of hydrogen-bond acceptors (Lipinski definition) is 5. The minimum absolute atomic E-state index is 0.00632. The van der Waals surface area contributed by atoms with Gasteiger partial charge in [0.2, 0.25) is 21.8 Å². The van der Waals surface area contributed by atoms with Gasteiger partial charge < -0.3 is 15.5 Å². The molecule has 1 aliphatic carbocycles. The normalized spacial score (nSPS) is 14.0. The summed E-state index contributed by atoms with van der Waals surface area (Å²) in [6.07, 6.45) is 1.99. The second kappa shape index (κ2) is 9.38. The molecule has 0 atom stereocenters. The zero-order chi connectivity index (χ0) is 20.9. The van der Waals surface area contributed by atoms with E-state index in [1.54, 1.807) is 39.1 Å². The summed E-state index contributed by atoms with van der Waals surface area (Å²) >= 11 is 0.